The SMILES string of the molecule is O=C(Nc1ccnn1Cc1ccccc1Cl)N1CCC(N2CCCC2)CC1. The van der Waals surface area contributed by atoms with Gasteiger partial charge in [0.05, 0.1) is 12.7 Å². The van der Waals surface area contributed by atoms with Crippen molar-refractivity contribution in [1.82, 2.24) is 19.6 Å². The van der Waals surface area contributed by atoms with E-state index < -0.39 is 0 Å². The summed E-state index contributed by atoms with van der Waals surface area (Å²) in [6.07, 6.45) is 6.46. The number of benzene rings is 1. The van der Waals surface area contributed by atoms with E-state index in [1.807, 2.05) is 35.2 Å². The van der Waals surface area contributed by atoms with Crippen LogP contribution in [0.15, 0.2) is 36.5 Å². The number of aromatic nitrogens is 2. The Morgan fingerprint density at radius 3 is 2.59 bits per heavy atom. The molecule has 0 spiro atoms. The van der Waals surface area contributed by atoms with Gasteiger partial charge in [-0.3, -0.25) is 5.32 Å². The number of hydrogen-bond donors (Lipinski definition) is 1. The molecule has 2 fully saturated rings. The van der Waals surface area contributed by atoms with Gasteiger partial charge in [-0.1, -0.05) is 29.8 Å². The second kappa shape index (κ2) is 8.31. The number of anilines is 1. The zero-order chi connectivity index (χ0) is 18.6. The third kappa shape index (κ3) is 4.28. The summed E-state index contributed by atoms with van der Waals surface area (Å²) in [6.45, 7) is 4.59. The average Bonchev–Trinajstić information content (AvgIpc) is 3.36. The highest BCUT2D eigenvalue weighted by molar-refractivity contribution is 6.31. The number of carbonyl (C=O) groups excluding carboxylic acids is 1. The Labute approximate surface area is 165 Å². The van der Waals surface area contributed by atoms with Crippen molar-refractivity contribution in [3.8, 4) is 0 Å². The Kier molecular flexibility index (Phi) is 5.64. The van der Waals surface area contributed by atoms with Crippen LogP contribution in [0, 0.1) is 0 Å². The molecule has 27 heavy (non-hydrogen) atoms. The first kappa shape index (κ1) is 18.3. The van der Waals surface area contributed by atoms with Crippen LogP contribution in [-0.2, 0) is 6.54 Å². The second-order valence-electron chi connectivity index (χ2n) is 7.36. The molecule has 0 atom stereocenters. The number of nitrogens with one attached hydrogen (secondary N) is 1. The topological polar surface area (TPSA) is 53.4 Å². The number of piperidine rings is 1. The van der Waals surface area contributed by atoms with Crippen LogP contribution in [0.3, 0.4) is 0 Å². The van der Waals surface area contributed by atoms with Gasteiger partial charge in [-0.25, -0.2) is 9.48 Å². The van der Waals surface area contributed by atoms with E-state index in [1.54, 1.807) is 10.9 Å². The molecule has 2 aliphatic heterocycles. The van der Waals surface area contributed by atoms with E-state index in [9.17, 15) is 4.79 Å². The number of halogens is 1. The molecule has 6 nitrogen and oxygen atoms in total. The van der Waals surface area contributed by atoms with E-state index in [-0.39, 0.29) is 6.03 Å². The van der Waals surface area contributed by atoms with Crippen LogP contribution in [-0.4, -0.2) is 57.8 Å². The standard InChI is InChI=1S/C20H26ClN5O/c21-18-6-2-1-5-16(18)15-26-19(7-10-22-26)23-20(27)25-13-8-17(9-14-25)24-11-3-4-12-24/h1-2,5-7,10,17H,3-4,8-9,11-15H2,(H,23,27). The summed E-state index contributed by atoms with van der Waals surface area (Å²) in [7, 11) is 0. The molecule has 0 radical (unpaired) electrons. The Morgan fingerprint density at radius 1 is 1.11 bits per heavy atom. The van der Waals surface area contributed by atoms with Gasteiger partial charge in [0, 0.05) is 30.2 Å². The maximum Gasteiger partial charge on any atom is 0.323 e. The van der Waals surface area contributed by atoms with Crippen LogP contribution >= 0.6 is 11.6 Å². The molecule has 2 saturated heterocycles. The van der Waals surface area contributed by atoms with E-state index in [4.69, 9.17) is 11.6 Å². The van der Waals surface area contributed by atoms with E-state index in [1.165, 1.54) is 25.9 Å². The van der Waals surface area contributed by atoms with Crippen LogP contribution in [0.25, 0.3) is 0 Å². The molecule has 0 saturated carbocycles. The molecule has 4 rings (SSSR count). The van der Waals surface area contributed by atoms with Crippen molar-refractivity contribution in [2.24, 2.45) is 0 Å². The number of carbonyl (C=O) groups is 1. The van der Waals surface area contributed by atoms with Crippen LogP contribution in [0.1, 0.15) is 31.2 Å². The van der Waals surface area contributed by atoms with Gasteiger partial charge < -0.3 is 9.80 Å². The zero-order valence-corrected chi connectivity index (χ0v) is 16.2. The van der Waals surface area contributed by atoms with Crippen molar-refractivity contribution in [2.45, 2.75) is 38.3 Å². The quantitative estimate of drug-likeness (QED) is 0.870. The molecule has 144 valence electrons. The number of likely N-dealkylation sites (tertiary alicyclic amines) is 2. The number of rotatable bonds is 4. The summed E-state index contributed by atoms with van der Waals surface area (Å²) in [6, 6.07) is 10.1. The molecule has 2 aliphatic rings. The lowest BCUT2D eigenvalue weighted by atomic mass is 10.0. The van der Waals surface area contributed by atoms with Crippen molar-refractivity contribution in [3.05, 3.63) is 47.1 Å². The second-order valence-corrected chi connectivity index (χ2v) is 7.76. The number of amides is 2. The number of hydrogen-bond acceptors (Lipinski definition) is 3. The van der Waals surface area contributed by atoms with Crippen LogP contribution in [0.2, 0.25) is 5.02 Å². The first-order valence-electron chi connectivity index (χ1n) is 9.76. The first-order chi connectivity index (χ1) is 13.2. The lowest BCUT2D eigenvalue weighted by Crippen LogP contribution is -2.47. The lowest BCUT2D eigenvalue weighted by molar-refractivity contribution is 0.140. The van der Waals surface area contributed by atoms with E-state index >= 15 is 0 Å². The Bertz CT molecular complexity index is 778. The predicted octanol–water partition coefficient (Wildman–Crippen LogP) is 3.68. The van der Waals surface area contributed by atoms with E-state index in [0.29, 0.717) is 23.4 Å². The van der Waals surface area contributed by atoms with Gasteiger partial charge >= 0.3 is 6.03 Å². The summed E-state index contributed by atoms with van der Waals surface area (Å²) in [5.41, 5.74) is 0.977. The van der Waals surface area contributed by atoms with Gasteiger partial charge in [-0.2, -0.15) is 5.10 Å². The van der Waals surface area contributed by atoms with Gasteiger partial charge in [-0.15, -0.1) is 0 Å². The largest absolute Gasteiger partial charge is 0.324 e. The fraction of sp³-hybridized carbons (Fsp3) is 0.500. The fourth-order valence-corrected chi connectivity index (χ4v) is 4.28. The maximum atomic E-state index is 12.7. The van der Waals surface area contributed by atoms with E-state index in [0.717, 1.165) is 31.5 Å². The molecule has 1 aromatic heterocycles. The van der Waals surface area contributed by atoms with Crippen molar-refractivity contribution in [2.75, 3.05) is 31.5 Å². The van der Waals surface area contributed by atoms with Crippen LogP contribution in [0.4, 0.5) is 10.6 Å². The molecule has 0 bridgehead atoms. The van der Waals surface area contributed by atoms with Crippen molar-refractivity contribution in [1.29, 1.82) is 0 Å². The molecule has 1 aromatic carbocycles. The molecular weight excluding hydrogens is 362 g/mol. The summed E-state index contributed by atoms with van der Waals surface area (Å²) < 4.78 is 1.77. The highest BCUT2D eigenvalue weighted by Gasteiger charge is 2.28. The molecule has 1 N–H and O–H groups in total. The Morgan fingerprint density at radius 2 is 1.85 bits per heavy atom. The van der Waals surface area contributed by atoms with Gasteiger partial charge in [-0.05, 0) is 50.4 Å². The summed E-state index contributed by atoms with van der Waals surface area (Å²) in [4.78, 5) is 17.2. The Balaban J connectivity index is 1.34. The maximum absolute atomic E-state index is 12.7. The first-order valence-corrected chi connectivity index (χ1v) is 10.1. The average molecular weight is 388 g/mol. The number of urea groups is 1. The molecule has 2 aromatic rings. The van der Waals surface area contributed by atoms with Gasteiger partial charge in [0.15, 0.2) is 0 Å². The molecular formula is C20H26ClN5O. The molecule has 0 aliphatic carbocycles. The minimum atomic E-state index is -0.0456. The number of nitrogens with zero attached hydrogens (tertiary/aromatic N) is 4. The predicted molar refractivity (Wildman–Crippen MR) is 107 cm³/mol. The summed E-state index contributed by atoms with van der Waals surface area (Å²) in [5, 5.41) is 8.05. The van der Waals surface area contributed by atoms with Crippen LogP contribution in [0.5, 0.6) is 0 Å². The van der Waals surface area contributed by atoms with Gasteiger partial charge in [0.2, 0.25) is 0 Å². The van der Waals surface area contributed by atoms with Crippen molar-refractivity contribution >= 4 is 23.4 Å². The smallest absolute Gasteiger partial charge is 0.323 e. The van der Waals surface area contributed by atoms with Crippen molar-refractivity contribution in [3.63, 3.8) is 0 Å². The van der Waals surface area contributed by atoms with Gasteiger partial charge in [0.1, 0.15) is 5.82 Å². The Hall–Kier alpha value is -2.05. The lowest BCUT2D eigenvalue weighted by Gasteiger charge is -2.36. The monoisotopic (exact) mass is 387 g/mol. The molecule has 0 unspecified atom stereocenters. The highest BCUT2D eigenvalue weighted by Crippen LogP contribution is 2.22. The van der Waals surface area contributed by atoms with E-state index in [2.05, 4.69) is 15.3 Å². The highest BCUT2D eigenvalue weighted by atomic mass is 35.5. The minimum Gasteiger partial charge on any atom is -0.324 e. The minimum absolute atomic E-state index is 0.0456. The third-order valence-electron chi connectivity index (χ3n) is 5.64. The summed E-state index contributed by atoms with van der Waals surface area (Å²) in [5.74, 6) is 0.696. The summed E-state index contributed by atoms with van der Waals surface area (Å²) >= 11 is 6.25. The van der Waals surface area contributed by atoms with Crippen molar-refractivity contribution < 1.29 is 4.79 Å². The fourth-order valence-electron chi connectivity index (χ4n) is 4.08. The third-order valence-corrected chi connectivity index (χ3v) is 6.01. The van der Waals surface area contributed by atoms with Gasteiger partial charge in [0.25, 0.3) is 0 Å². The normalized spacial score (nSPS) is 18.8. The molecule has 7 heteroatoms. The zero-order valence-electron chi connectivity index (χ0n) is 15.5. The molecule has 2 amide bonds. The van der Waals surface area contributed by atoms with Crippen LogP contribution < -0.4 is 5.32 Å². The molecule has 3 heterocycles.